The van der Waals surface area contributed by atoms with Gasteiger partial charge in [0, 0.05) is 24.1 Å². The second-order valence-electron chi connectivity index (χ2n) is 5.26. The SMILES string of the molecule is CCCC(CBr)(CCC)Cn1ccc(=O)c([N+](=O)[O-])c1. The summed E-state index contributed by atoms with van der Waals surface area (Å²) in [5.41, 5.74) is -0.822. The zero-order valence-electron chi connectivity index (χ0n) is 12.0. The first-order chi connectivity index (χ1) is 9.48. The first-order valence-electron chi connectivity index (χ1n) is 6.88. The Balaban J connectivity index is 3.07. The van der Waals surface area contributed by atoms with E-state index in [1.165, 1.54) is 12.3 Å². The minimum absolute atomic E-state index is 0.0758. The highest BCUT2D eigenvalue weighted by Crippen LogP contribution is 2.34. The number of alkyl halides is 1. The number of halogens is 1. The van der Waals surface area contributed by atoms with Gasteiger partial charge in [-0.2, -0.15) is 0 Å². The van der Waals surface area contributed by atoms with E-state index in [9.17, 15) is 14.9 Å². The summed E-state index contributed by atoms with van der Waals surface area (Å²) in [6.07, 6.45) is 7.21. The van der Waals surface area contributed by atoms with Gasteiger partial charge in [-0.05, 0) is 18.3 Å². The van der Waals surface area contributed by atoms with Crippen LogP contribution in [0.5, 0.6) is 0 Å². The normalized spacial score (nSPS) is 11.6. The van der Waals surface area contributed by atoms with Gasteiger partial charge in [0.25, 0.3) is 5.43 Å². The fourth-order valence-electron chi connectivity index (χ4n) is 2.65. The van der Waals surface area contributed by atoms with E-state index in [0.29, 0.717) is 6.54 Å². The molecule has 112 valence electrons. The highest BCUT2D eigenvalue weighted by molar-refractivity contribution is 9.09. The molecule has 0 atom stereocenters. The van der Waals surface area contributed by atoms with Crippen molar-refractivity contribution >= 4 is 21.6 Å². The van der Waals surface area contributed by atoms with Crippen LogP contribution in [0, 0.1) is 15.5 Å². The summed E-state index contributed by atoms with van der Waals surface area (Å²) in [5.74, 6) is 0. The van der Waals surface area contributed by atoms with Gasteiger partial charge in [-0.25, -0.2) is 0 Å². The Morgan fingerprint density at radius 1 is 1.35 bits per heavy atom. The van der Waals surface area contributed by atoms with Crippen molar-refractivity contribution in [3.63, 3.8) is 0 Å². The lowest BCUT2D eigenvalue weighted by molar-refractivity contribution is -0.386. The average Bonchev–Trinajstić information content (AvgIpc) is 2.41. The van der Waals surface area contributed by atoms with E-state index in [-0.39, 0.29) is 11.1 Å². The molecule has 0 radical (unpaired) electrons. The predicted molar refractivity (Wildman–Crippen MR) is 83.4 cm³/mol. The van der Waals surface area contributed by atoms with E-state index in [1.54, 1.807) is 10.8 Å². The third kappa shape index (κ3) is 4.16. The second-order valence-corrected chi connectivity index (χ2v) is 5.82. The van der Waals surface area contributed by atoms with Gasteiger partial charge in [-0.1, -0.05) is 42.6 Å². The molecular weight excluding hydrogens is 324 g/mol. The molecule has 0 aromatic carbocycles. The molecule has 0 N–H and O–H groups in total. The molecule has 0 fully saturated rings. The van der Waals surface area contributed by atoms with Crippen molar-refractivity contribution in [1.82, 2.24) is 4.57 Å². The maximum atomic E-state index is 11.4. The molecule has 6 heteroatoms. The molecule has 0 saturated heterocycles. The van der Waals surface area contributed by atoms with Crippen LogP contribution in [-0.2, 0) is 6.54 Å². The summed E-state index contributed by atoms with van der Waals surface area (Å²) in [6.45, 7) is 4.96. The number of pyridine rings is 1. The molecule has 0 aliphatic carbocycles. The number of hydrogen-bond donors (Lipinski definition) is 0. The van der Waals surface area contributed by atoms with Crippen LogP contribution < -0.4 is 5.43 Å². The summed E-state index contributed by atoms with van der Waals surface area (Å²) >= 11 is 3.59. The number of hydrogen-bond acceptors (Lipinski definition) is 3. The minimum Gasteiger partial charge on any atom is -0.347 e. The van der Waals surface area contributed by atoms with Crippen molar-refractivity contribution in [2.75, 3.05) is 5.33 Å². The maximum Gasteiger partial charge on any atom is 0.332 e. The fraction of sp³-hybridized carbons (Fsp3) is 0.643. The molecule has 1 aromatic rings. The van der Waals surface area contributed by atoms with Crippen LogP contribution in [-0.4, -0.2) is 14.8 Å². The molecule has 0 saturated carbocycles. The fourth-order valence-corrected chi connectivity index (χ4v) is 3.39. The maximum absolute atomic E-state index is 11.4. The van der Waals surface area contributed by atoms with E-state index >= 15 is 0 Å². The Morgan fingerprint density at radius 2 is 1.95 bits per heavy atom. The number of aromatic nitrogens is 1. The van der Waals surface area contributed by atoms with Gasteiger partial charge < -0.3 is 4.57 Å². The molecule has 1 rings (SSSR count). The number of nitro groups is 1. The molecular formula is C14H21BrN2O3. The largest absolute Gasteiger partial charge is 0.347 e. The van der Waals surface area contributed by atoms with Crippen LogP contribution in [0.3, 0.4) is 0 Å². The van der Waals surface area contributed by atoms with Crippen molar-refractivity contribution < 1.29 is 4.92 Å². The standard InChI is InChI=1S/C14H21BrN2O3/c1-3-6-14(10-15,7-4-2)11-16-8-5-13(18)12(9-16)17(19)20/h5,8-9H,3-4,6-7,10-11H2,1-2H3. The Kier molecular flexibility index (Phi) is 6.39. The molecule has 1 heterocycles. The van der Waals surface area contributed by atoms with Gasteiger partial charge in [-0.15, -0.1) is 0 Å². The lowest BCUT2D eigenvalue weighted by Gasteiger charge is -2.32. The lowest BCUT2D eigenvalue weighted by Crippen LogP contribution is -2.29. The smallest absolute Gasteiger partial charge is 0.332 e. The first-order valence-corrected chi connectivity index (χ1v) is 8.00. The molecule has 1 aromatic heterocycles. The molecule has 0 bridgehead atoms. The molecule has 0 amide bonds. The van der Waals surface area contributed by atoms with Gasteiger partial charge in [0.15, 0.2) is 0 Å². The van der Waals surface area contributed by atoms with Gasteiger partial charge in [0.1, 0.15) is 0 Å². The Hall–Kier alpha value is -1.17. The summed E-state index contributed by atoms with van der Waals surface area (Å²) in [7, 11) is 0. The van der Waals surface area contributed by atoms with Crippen LogP contribution >= 0.6 is 15.9 Å². The van der Waals surface area contributed by atoms with E-state index in [4.69, 9.17) is 0 Å². The van der Waals surface area contributed by atoms with Crippen LogP contribution in [0.2, 0.25) is 0 Å². The second kappa shape index (κ2) is 7.57. The molecule has 0 aliphatic heterocycles. The average molecular weight is 345 g/mol. The van der Waals surface area contributed by atoms with E-state index < -0.39 is 10.4 Å². The summed E-state index contributed by atoms with van der Waals surface area (Å²) in [4.78, 5) is 21.7. The predicted octanol–water partition coefficient (Wildman–Crippen LogP) is 3.74. The van der Waals surface area contributed by atoms with Gasteiger partial charge in [0.05, 0.1) is 11.1 Å². The molecule has 0 spiro atoms. The van der Waals surface area contributed by atoms with Crippen molar-refractivity contribution in [3.05, 3.63) is 38.8 Å². The van der Waals surface area contributed by atoms with Crippen molar-refractivity contribution in [1.29, 1.82) is 0 Å². The molecule has 20 heavy (non-hydrogen) atoms. The Bertz CT molecular complexity index is 507. The van der Waals surface area contributed by atoms with Crippen LogP contribution in [0.15, 0.2) is 23.3 Å². The van der Waals surface area contributed by atoms with Crippen molar-refractivity contribution in [2.45, 2.75) is 46.1 Å². The summed E-state index contributed by atoms with van der Waals surface area (Å²) < 4.78 is 1.77. The zero-order valence-corrected chi connectivity index (χ0v) is 13.6. The van der Waals surface area contributed by atoms with Crippen LogP contribution in [0.4, 0.5) is 5.69 Å². The lowest BCUT2D eigenvalue weighted by atomic mass is 9.81. The zero-order chi connectivity index (χ0) is 15.2. The van der Waals surface area contributed by atoms with Crippen molar-refractivity contribution in [2.24, 2.45) is 5.41 Å². The summed E-state index contributed by atoms with van der Waals surface area (Å²) in [6, 6.07) is 1.27. The minimum atomic E-state index is -0.617. The summed E-state index contributed by atoms with van der Waals surface area (Å²) in [5, 5.41) is 11.7. The number of nitrogens with zero attached hydrogens (tertiary/aromatic N) is 2. The van der Waals surface area contributed by atoms with Gasteiger partial charge in [0.2, 0.25) is 0 Å². The van der Waals surface area contributed by atoms with E-state index in [2.05, 4.69) is 29.8 Å². The van der Waals surface area contributed by atoms with Crippen LogP contribution in [0.1, 0.15) is 39.5 Å². The highest BCUT2D eigenvalue weighted by Gasteiger charge is 2.28. The third-order valence-electron chi connectivity index (χ3n) is 3.52. The topological polar surface area (TPSA) is 65.1 Å². The Labute approximate surface area is 127 Å². The highest BCUT2D eigenvalue weighted by atomic mass is 79.9. The molecule has 5 nitrogen and oxygen atoms in total. The van der Waals surface area contributed by atoms with Gasteiger partial charge in [-0.3, -0.25) is 14.9 Å². The van der Waals surface area contributed by atoms with Crippen LogP contribution in [0.25, 0.3) is 0 Å². The molecule has 0 unspecified atom stereocenters. The third-order valence-corrected chi connectivity index (χ3v) is 4.71. The number of rotatable bonds is 8. The van der Waals surface area contributed by atoms with Crippen molar-refractivity contribution in [3.8, 4) is 0 Å². The molecule has 0 aliphatic rings. The monoisotopic (exact) mass is 344 g/mol. The quantitative estimate of drug-likeness (QED) is 0.410. The van der Waals surface area contributed by atoms with Gasteiger partial charge >= 0.3 is 5.69 Å². The van der Waals surface area contributed by atoms with E-state index in [1.807, 2.05) is 0 Å². The Morgan fingerprint density at radius 3 is 2.40 bits per heavy atom. The first kappa shape index (κ1) is 16.9. The van der Waals surface area contributed by atoms with E-state index in [0.717, 1.165) is 31.0 Å².